The van der Waals surface area contributed by atoms with Crippen molar-refractivity contribution in [3.8, 4) is 11.4 Å². The van der Waals surface area contributed by atoms with Crippen LogP contribution in [0, 0.1) is 12.8 Å². The maximum Gasteiger partial charge on any atom is 0.137 e. The van der Waals surface area contributed by atoms with Gasteiger partial charge in [0.25, 0.3) is 0 Å². The molecule has 1 fully saturated rings. The third-order valence-corrected chi connectivity index (χ3v) is 3.33. The number of nitrogens with zero attached hydrogens (tertiary/aromatic N) is 1. The molecule has 0 aliphatic carbocycles. The third kappa shape index (κ3) is 2.24. The first-order chi connectivity index (χ1) is 8.31. The molecule has 1 aromatic heterocycles. The van der Waals surface area contributed by atoms with Crippen LogP contribution in [-0.2, 0) is 6.42 Å². The molecule has 0 saturated carbocycles. The molecule has 0 unspecified atom stereocenters. The van der Waals surface area contributed by atoms with Crippen LogP contribution < -0.4 is 5.32 Å². The Bertz CT molecular complexity index is 494. The fourth-order valence-electron chi connectivity index (χ4n) is 2.12. The molecule has 0 spiro atoms. The van der Waals surface area contributed by atoms with E-state index in [1.807, 2.05) is 6.20 Å². The average molecular weight is 227 g/mol. The number of imidazole rings is 1. The molecule has 0 radical (unpaired) electrons. The van der Waals surface area contributed by atoms with Crippen LogP contribution in [0.5, 0.6) is 0 Å². The van der Waals surface area contributed by atoms with E-state index in [1.54, 1.807) is 0 Å². The lowest BCUT2D eigenvalue weighted by atomic mass is 9.98. The van der Waals surface area contributed by atoms with Gasteiger partial charge in [0.05, 0.1) is 0 Å². The zero-order valence-electron chi connectivity index (χ0n) is 10.0. The Morgan fingerprint density at radius 1 is 1.24 bits per heavy atom. The van der Waals surface area contributed by atoms with Gasteiger partial charge in [-0.3, -0.25) is 0 Å². The third-order valence-electron chi connectivity index (χ3n) is 3.33. The summed E-state index contributed by atoms with van der Waals surface area (Å²) in [5.41, 5.74) is 3.68. The minimum atomic E-state index is 0.779. The highest BCUT2D eigenvalue weighted by Crippen LogP contribution is 2.18. The van der Waals surface area contributed by atoms with Gasteiger partial charge in [-0.1, -0.05) is 29.8 Å². The molecule has 2 N–H and O–H groups in total. The molecule has 1 saturated heterocycles. The molecule has 1 aromatic carbocycles. The van der Waals surface area contributed by atoms with Crippen LogP contribution in [0.25, 0.3) is 11.4 Å². The SMILES string of the molecule is Cc1ccc(-c2ncc(CC3CNC3)[nH]2)cc1. The number of hydrogen-bond donors (Lipinski definition) is 2. The Balaban J connectivity index is 1.76. The summed E-state index contributed by atoms with van der Waals surface area (Å²) in [6.45, 7) is 4.37. The van der Waals surface area contributed by atoms with Crippen LogP contribution in [-0.4, -0.2) is 23.1 Å². The van der Waals surface area contributed by atoms with Crippen molar-refractivity contribution in [2.24, 2.45) is 5.92 Å². The molecule has 0 amide bonds. The Kier molecular flexibility index (Phi) is 2.69. The van der Waals surface area contributed by atoms with E-state index in [1.165, 1.54) is 11.3 Å². The highest BCUT2D eigenvalue weighted by atomic mass is 15.0. The Morgan fingerprint density at radius 2 is 2.00 bits per heavy atom. The predicted octanol–water partition coefficient (Wildman–Crippen LogP) is 2.15. The van der Waals surface area contributed by atoms with Gasteiger partial charge >= 0.3 is 0 Å². The van der Waals surface area contributed by atoms with Gasteiger partial charge in [-0.05, 0) is 32.4 Å². The highest BCUT2D eigenvalue weighted by Gasteiger charge is 2.18. The van der Waals surface area contributed by atoms with E-state index in [9.17, 15) is 0 Å². The summed E-state index contributed by atoms with van der Waals surface area (Å²) < 4.78 is 0. The molecule has 88 valence electrons. The maximum absolute atomic E-state index is 4.45. The van der Waals surface area contributed by atoms with Crippen LogP contribution >= 0.6 is 0 Å². The number of aromatic nitrogens is 2. The monoisotopic (exact) mass is 227 g/mol. The number of aryl methyl sites for hydroxylation is 1. The number of hydrogen-bond acceptors (Lipinski definition) is 2. The summed E-state index contributed by atoms with van der Waals surface area (Å²) >= 11 is 0. The first-order valence-corrected chi connectivity index (χ1v) is 6.13. The predicted molar refractivity (Wildman–Crippen MR) is 68.8 cm³/mol. The van der Waals surface area contributed by atoms with Crippen LogP contribution in [0.3, 0.4) is 0 Å². The molecule has 2 aromatic rings. The Labute approximate surface area is 101 Å². The van der Waals surface area contributed by atoms with Crippen molar-refractivity contribution in [3.05, 3.63) is 41.7 Å². The Hall–Kier alpha value is -1.61. The number of rotatable bonds is 3. The van der Waals surface area contributed by atoms with Crippen LogP contribution in [0.1, 0.15) is 11.3 Å². The molecular weight excluding hydrogens is 210 g/mol. The van der Waals surface area contributed by atoms with Crippen LogP contribution in [0.4, 0.5) is 0 Å². The molecule has 2 heterocycles. The Morgan fingerprint density at radius 3 is 2.65 bits per heavy atom. The van der Waals surface area contributed by atoms with E-state index in [0.717, 1.165) is 36.8 Å². The van der Waals surface area contributed by atoms with Gasteiger partial charge in [-0.15, -0.1) is 0 Å². The smallest absolute Gasteiger partial charge is 0.137 e. The summed E-state index contributed by atoms with van der Waals surface area (Å²) in [4.78, 5) is 7.86. The van der Waals surface area contributed by atoms with E-state index < -0.39 is 0 Å². The van der Waals surface area contributed by atoms with Crippen molar-refractivity contribution in [2.75, 3.05) is 13.1 Å². The molecule has 1 aliphatic rings. The minimum absolute atomic E-state index is 0.779. The fourth-order valence-corrected chi connectivity index (χ4v) is 2.12. The second kappa shape index (κ2) is 4.34. The second-order valence-electron chi connectivity index (χ2n) is 4.85. The van der Waals surface area contributed by atoms with Crippen LogP contribution in [0.2, 0.25) is 0 Å². The molecule has 0 bridgehead atoms. The fraction of sp³-hybridized carbons (Fsp3) is 0.357. The van der Waals surface area contributed by atoms with Crippen molar-refractivity contribution in [3.63, 3.8) is 0 Å². The molecule has 17 heavy (non-hydrogen) atoms. The molecule has 1 aliphatic heterocycles. The van der Waals surface area contributed by atoms with E-state index in [-0.39, 0.29) is 0 Å². The number of H-pyrrole nitrogens is 1. The topological polar surface area (TPSA) is 40.7 Å². The number of benzene rings is 1. The average Bonchev–Trinajstić information content (AvgIpc) is 2.73. The first kappa shape index (κ1) is 10.5. The van der Waals surface area contributed by atoms with Gasteiger partial charge in [0.1, 0.15) is 5.82 Å². The lowest BCUT2D eigenvalue weighted by Gasteiger charge is -2.26. The normalized spacial score (nSPS) is 15.8. The summed E-state index contributed by atoms with van der Waals surface area (Å²) in [6, 6.07) is 8.46. The maximum atomic E-state index is 4.45. The van der Waals surface area contributed by atoms with Crippen molar-refractivity contribution < 1.29 is 0 Å². The van der Waals surface area contributed by atoms with Gasteiger partial charge in [0, 0.05) is 17.5 Å². The van der Waals surface area contributed by atoms with E-state index in [2.05, 4.69) is 46.5 Å². The zero-order chi connectivity index (χ0) is 11.7. The van der Waals surface area contributed by atoms with Crippen molar-refractivity contribution in [2.45, 2.75) is 13.3 Å². The van der Waals surface area contributed by atoms with Gasteiger partial charge < -0.3 is 10.3 Å². The summed E-state index contributed by atoms with van der Waals surface area (Å²) in [5, 5.41) is 3.29. The zero-order valence-corrected chi connectivity index (χ0v) is 10.0. The molecule has 0 atom stereocenters. The van der Waals surface area contributed by atoms with E-state index in [0.29, 0.717) is 0 Å². The molecule has 3 heteroatoms. The standard InChI is InChI=1S/C14H17N3/c1-10-2-4-12(5-3-10)14-16-9-13(17-14)6-11-7-15-8-11/h2-5,9,11,15H,6-8H2,1H3,(H,16,17). The molecule has 3 rings (SSSR count). The largest absolute Gasteiger partial charge is 0.342 e. The first-order valence-electron chi connectivity index (χ1n) is 6.13. The highest BCUT2D eigenvalue weighted by molar-refractivity contribution is 5.55. The quantitative estimate of drug-likeness (QED) is 0.843. The van der Waals surface area contributed by atoms with Gasteiger partial charge in [-0.2, -0.15) is 0 Å². The van der Waals surface area contributed by atoms with Gasteiger partial charge in [-0.25, -0.2) is 4.98 Å². The molecule has 3 nitrogen and oxygen atoms in total. The molecular formula is C14H17N3. The van der Waals surface area contributed by atoms with Crippen LogP contribution in [0.15, 0.2) is 30.5 Å². The van der Waals surface area contributed by atoms with E-state index >= 15 is 0 Å². The number of nitrogens with one attached hydrogen (secondary N) is 2. The number of aromatic amines is 1. The lowest BCUT2D eigenvalue weighted by molar-refractivity contribution is 0.344. The van der Waals surface area contributed by atoms with E-state index in [4.69, 9.17) is 0 Å². The van der Waals surface area contributed by atoms with Gasteiger partial charge in [0.15, 0.2) is 0 Å². The summed E-state index contributed by atoms with van der Waals surface area (Å²) in [7, 11) is 0. The summed E-state index contributed by atoms with van der Waals surface area (Å²) in [5.74, 6) is 1.76. The second-order valence-corrected chi connectivity index (χ2v) is 4.85. The lowest BCUT2D eigenvalue weighted by Crippen LogP contribution is -2.43. The van der Waals surface area contributed by atoms with Crippen molar-refractivity contribution >= 4 is 0 Å². The summed E-state index contributed by atoms with van der Waals surface area (Å²) in [6.07, 6.45) is 3.07. The minimum Gasteiger partial charge on any atom is -0.342 e. The van der Waals surface area contributed by atoms with Gasteiger partial charge in [0.2, 0.25) is 0 Å². The van der Waals surface area contributed by atoms with Crippen molar-refractivity contribution in [1.82, 2.24) is 15.3 Å². The van der Waals surface area contributed by atoms with Crippen molar-refractivity contribution in [1.29, 1.82) is 0 Å².